The lowest BCUT2D eigenvalue weighted by Crippen LogP contribution is -2.40. The molecule has 8 heteroatoms. The van der Waals surface area contributed by atoms with Crippen LogP contribution in [0.1, 0.15) is 40.9 Å². The second-order valence-corrected chi connectivity index (χ2v) is 7.75. The number of rotatable bonds is 4. The van der Waals surface area contributed by atoms with Gasteiger partial charge in [-0.2, -0.15) is 8.78 Å². The fourth-order valence-electron chi connectivity index (χ4n) is 4.48. The highest BCUT2D eigenvalue weighted by atomic mass is 19.3. The first kappa shape index (κ1) is 18.0. The highest BCUT2D eigenvalue weighted by Gasteiger charge is 2.58. The van der Waals surface area contributed by atoms with Crippen LogP contribution in [0.4, 0.5) is 8.78 Å². The Bertz CT molecular complexity index is 990. The molecule has 1 saturated carbocycles. The largest absolute Gasteiger partial charge is 0.447 e. The topological polar surface area (TPSA) is 68.7 Å². The maximum atomic E-state index is 13.3. The number of benzene rings is 1. The third-order valence-corrected chi connectivity index (χ3v) is 6.09. The van der Waals surface area contributed by atoms with Crippen LogP contribution in [0.15, 0.2) is 42.6 Å². The molecule has 3 heterocycles. The lowest BCUT2D eigenvalue weighted by atomic mass is 9.93. The zero-order valence-corrected chi connectivity index (χ0v) is 15.4. The summed E-state index contributed by atoms with van der Waals surface area (Å²) in [5, 5.41) is 0. The summed E-state index contributed by atoms with van der Waals surface area (Å²) in [5.74, 6) is -0.412. The molecule has 150 valence electrons. The lowest BCUT2D eigenvalue weighted by molar-refractivity contribution is -0.134. The van der Waals surface area contributed by atoms with Gasteiger partial charge < -0.3 is 14.4 Å². The van der Waals surface area contributed by atoms with Gasteiger partial charge in [-0.25, -0.2) is 9.78 Å². The molecule has 2 aliphatic heterocycles. The van der Waals surface area contributed by atoms with E-state index >= 15 is 0 Å². The smallest absolute Gasteiger partial charge is 0.387 e. The molecule has 1 saturated heterocycles. The van der Waals surface area contributed by atoms with E-state index in [4.69, 9.17) is 4.74 Å². The zero-order valence-electron chi connectivity index (χ0n) is 15.4. The van der Waals surface area contributed by atoms with Crippen LogP contribution >= 0.6 is 0 Å². The Morgan fingerprint density at radius 1 is 1.17 bits per heavy atom. The number of ether oxygens (including phenoxy) is 2. The van der Waals surface area contributed by atoms with Crippen molar-refractivity contribution in [3.63, 3.8) is 0 Å². The van der Waals surface area contributed by atoms with Gasteiger partial charge in [0.1, 0.15) is 5.75 Å². The summed E-state index contributed by atoms with van der Waals surface area (Å²) in [6, 6.07) is 9.85. The number of halogens is 2. The van der Waals surface area contributed by atoms with Crippen LogP contribution in [-0.4, -0.2) is 41.5 Å². The van der Waals surface area contributed by atoms with Gasteiger partial charge in [-0.05, 0) is 36.6 Å². The van der Waals surface area contributed by atoms with Crippen molar-refractivity contribution in [1.29, 1.82) is 0 Å². The maximum Gasteiger partial charge on any atom is 0.387 e. The standard InChI is InChI=1S/C21H18F2N2O4/c22-19(23)28-14-5-3-13(4-6-14)20(7-8-20)18(27)25-11-9-21(12-25)15-2-1-10-24-16(15)17(26)29-21/h1-6,10,19H,7-9,11-12H2. The summed E-state index contributed by atoms with van der Waals surface area (Å²) < 4.78 is 34.8. The third-order valence-electron chi connectivity index (χ3n) is 6.09. The Balaban J connectivity index is 1.36. The molecule has 29 heavy (non-hydrogen) atoms. The van der Waals surface area contributed by atoms with Crippen LogP contribution < -0.4 is 4.74 Å². The van der Waals surface area contributed by atoms with Gasteiger partial charge in [0.15, 0.2) is 11.3 Å². The SMILES string of the molecule is O=C1OC2(CCN(C(=O)C3(c4ccc(OC(F)F)cc4)CC3)C2)c2cccnc21. The van der Waals surface area contributed by atoms with Crippen molar-refractivity contribution < 1.29 is 27.8 Å². The zero-order chi connectivity index (χ0) is 20.2. The average molecular weight is 400 g/mol. The Labute approximate surface area is 165 Å². The van der Waals surface area contributed by atoms with E-state index < -0.39 is 23.6 Å². The van der Waals surface area contributed by atoms with Crippen molar-refractivity contribution >= 4 is 11.9 Å². The van der Waals surface area contributed by atoms with E-state index in [9.17, 15) is 18.4 Å². The summed E-state index contributed by atoms with van der Waals surface area (Å²) in [6.45, 7) is -2.11. The van der Waals surface area contributed by atoms with Crippen LogP contribution in [-0.2, 0) is 20.5 Å². The van der Waals surface area contributed by atoms with Gasteiger partial charge in [0.2, 0.25) is 5.91 Å². The van der Waals surface area contributed by atoms with Crippen LogP contribution in [0.5, 0.6) is 5.75 Å². The second kappa shape index (κ2) is 6.23. The fraction of sp³-hybridized carbons (Fsp3) is 0.381. The minimum Gasteiger partial charge on any atom is -0.447 e. The minimum atomic E-state index is -2.88. The Hall–Kier alpha value is -3.03. The molecule has 5 rings (SSSR count). The number of fused-ring (bicyclic) bond motifs is 2. The molecule has 1 aliphatic carbocycles. The highest BCUT2D eigenvalue weighted by molar-refractivity contribution is 5.94. The molecule has 1 amide bonds. The van der Waals surface area contributed by atoms with Gasteiger partial charge in [0, 0.05) is 24.7 Å². The van der Waals surface area contributed by atoms with E-state index in [1.807, 2.05) is 6.07 Å². The van der Waals surface area contributed by atoms with Crippen LogP contribution in [0.3, 0.4) is 0 Å². The molecule has 0 bridgehead atoms. The monoisotopic (exact) mass is 400 g/mol. The molecule has 6 nitrogen and oxygen atoms in total. The molecule has 2 aromatic rings. The Morgan fingerprint density at radius 3 is 2.62 bits per heavy atom. The number of carbonyl (C=O) groups excluding carboxylic acids is 2. The number of carbonyl (C=O) groups is 2. The van der Waals surface area contributed by atoms with Gasteiger partial charge in [-0.1, -0.05) is 18.2 Å². The summed E-state index contributed by atoms with van der Waals surface area (Å²) in [7, 11) is 0. The van der Waals surface area contributed by atoms with E-state index in [0.29, 0.717) is 38.0 Å². The molecular formula is C21H18F2N2O4. The van der Waals surface area contributed by atoms with Gasteiger partial charge in [-0.15, -0.1) is 0 Å². The first-order chi connectivity index (χ1) is 13.9. The van der Waals surface area contributed by atoms with Gasteiger partial charge in [-0.3, -0.25) is 4.79 Å². The molecule has 3 aliphatic rings. The van der Waals surface area contributed by atoms with E-state index in [-0.39, 0.29) is 11.7 Å². The normalized spacial score (nSPS) is 24.0. The lowest BCUT2D eigenvalue weighted by Gasteiger charge is -2.26. The van der Waals surface area contributed by atoms with Gasteiger partial charge in [0.05, 0.1) is 12.0 Å². The summed E-state index contributed by atoms with van der Waals surface area (Å²) >= 11 is 0. The van der Waals surface area contributed by atoms with E-state index in [1.165, 1.54) is 12.1 Å². The third kappa shape index (κ3) is 2.77. The van der Waals surface area contributed by atoms with Crippen molar-refractivity contribution in [3.8, 4) is 5.75 Å². The Kier molecular flexibility index (Phi) is 3.88. The highest BCUT2D eigenvalue weighted by Crippen LogP contribution is 2.52. The molecule has 0 radical (unpaired) electrons. The molecule has 0 N–H and O–H groups in total. The predicted molar refractivity (Wildman–Crippen MR) is 96.5 cm³/mol. The minimum absolute atomic E-state index is 0.0229. The summed E-state index contributed by atoms with van der Waals surface area (Å²) in [4.78, 5) is 31.4. The van der Waals surface area contributed by atoms with Crippen LogP contribution in [0, 0.1) is 0 Å². The van der Waals surface area contributed by atoms with E-state index in [1.54, 1.807) is 29.3 Å². The van der Waals surface area contributed by atoms with Crippen molar-refractivity contribution in [3.05, 3.63) is 59.4 Å². The van der Waals surface area contributed by atoms with Crippen LogP contribution in [0.25, 0.3) is 0 Å². The Morgan fingerprint density at radius 2 is 1.93 bits per heavy atom. The van der Waals surface area contributed by atoms with Crippen molar-refractivity contribution in [2.45, 2.75) is 36.9 Å². The van der Waals surface area contributed by atoms with E-state index in [2.05, 4.69) is 9.72 Å². The van der Waals surface area contributed by atoms with Gasteiger partial charge >= 0.3 is 12.6 Å². The predicted octanol–water partition coefficient (Wildman–Crippen LogP) is 3.01. The van der Waals surface area contributed by atoms with Crippen molar-refractivity contribution in [1.82, 2.24) is 9.88 Å². The van der Waals surface area contributed by atoms with Crippen molar-refractivity contribution in [2.24, 2.45) is 0 Å². The van der Waals surface area contributed by atoms with Crippen LogP contribution in [0.2, 0.25) is 0 Å². The molecule has 1 aromatic heterocycles. The molecule has 1 aromatic carbocycles. The molecule has 1 spiro atoms. The molecule has 1 unspecified atom stereocenters. The molecular weight excluding hydrogens is 382 g/mol. The number of likely N-dealkylation sites (tertiary alicyclic amines) is 1. The number of pyridine rings is 1. The van der Waals surface area contributed by atoms with Crippen molar-refractivity contribution in [2.75, 3.05) is 13.1 Å². The number of alkyl halides is 2. The number of nitrogens with zero attached hydrogens (tertiary/aromatic N) is 2. The molecule has 2 fully saturated rings. The summed E-state index contributed by atoms with van der Waals surface area (Å²) in [5.41, 5.74) is 0.364. The maximum absolute atomic E-state index is 13.3. The quantitative estimate of drug-likeness (QED) is 0.738. The number of esters is 1. The number of aromatic nitrogens is 1. The average Bonchev–Trinajstić information content (AvgIpc) is 3.34. The number of hydrogen-bond donors (Lipinski definition) is 0. The number of hydrogen-bond acceptors (Lipinski definition) is 5. The first-order valence-corrected chi connectivity index (χ1v) is 9.47. The molecule has 1 atom stereocenters. The first-order valence-electron chi connectivity index (χ1n) is 9.47. The van der Waals surface area contributed by atoms with E-state index in [0.717, 1.165) is 11.1 Å². The fourth-order valence-corrected chi connectivity index (χ4v) is 4.48. The van der Waals surface area contributed by atoms with Gasteiger partial charge in [0.25, 0.3) is 0 Å². The second-order valence-electron chi connectivity index (χ2n) is 7.75. The number of amides is 1. The summed E-state index contributed by atoms with van der Waals surface area (Å²) in [6.07, 6.45) is 3.47.